The molecule has 2 heterocycles. The van der Waals surface area contributed by atoms with Crippen LogP contribution in [0.3, 0.4) is 0 Å². The maximum absolute atomic E-state index is 12.9. The van der Waals surface area contributed by atoms with Gasteiger partial charge in [-0.15, -0.1) is 21.5 Å². The summed E-state index contributed by atoms with van der Waals surface area (Å²) in [5, 5.41) is 13.3. The Kier molecular flexibility index (Phi) is 9.09. The minimum absolute atomic E-state index is 0.0272. The van der Waals surface area contributed by atoms with Crippen LogP contribution in [0, 0.1) is 0 Å². The smallest absolute Gasteiger partial charge is 0.416 e. The van der Waals surface area contributed by atoms with Crippen LogP contribution in [0.15, 0.2) is 34.8 Å². The van der Waals surface area contributed by atoms with Crippen molar-refractivity contribution < 1.29 is 32.2 Å². The van der Waals surface area contributed by atoms with E-state index in [9.17, 15) is 22.8 Å². The Morgan fingerprint density at radius 3 is 2.74 bits per heavy atom. The largest absolute Gasteiger partial charge is 0.486 e. The normalized spacial score (nSPS) is 11.3. The van der Waals surface area contributed by atoms with Crippen LogP contribution >= 0.6 is 23.1 Å². The van der Waals surface area contributed by atoms with Crippen LogP contribution in [0.1, 0.15) is 30.9 Å². The van der Waals surface area contributed by atoms with Gasteiger partial charge in [0.05, 0.1) is 30.0 Å². The van der Waals surface area contributed by atoms with Crippen molar-refractivity contribution in [2.75, 3.05) is 17.7 Å². The van der Waals surface area contributed by atoms with Crippen molar-refractivity contribution in [2.45, 2.75) is 44.8 Å². The molecule has 9 nitrogen and oxygen atoms in total. The highest BCUT2D eigenvalue weighted by Crippen LogP contribution is 2.31. The quantitative estimate of drug-likeness (QED) is 0.291. The topological polar surface area (TPSA) is 108 Å². The van der Waals surface area contributed by atoms with Gasteiger partial charge in [-0.2, -0.15) is 13.2 Å². The summed E-state index contributed by atoms with van der Waals surface area (Å²) in [5.74, 6) is -0.210. The average molecular weight is 530 g/mol. The highest BCUT2D eigenvalue weighted by Gasteiger charge is 2.30. The molecule has 0 aliphatic carbocycles. The van der Waals surface area contributed by atoms with E-state index in [1.165, 1.54) is 23.5 Å². The predicted molar refractivity (Wildman–Crippen MR) is 123 cm³/mol. The Bertz CT molecular complexity index is 1170. The number of carbonyl (C=O) groups is 2. The molecule has 188 valence electrons. The number of esters is 1. The predicted octanol–water partition coefficient (Wildman–Crippen LogP) is 4.19. The number of halogens is 3. The molecule has 0 radical (unpaired) electrons. The highest BCUT2D eigenvalue weighted by molar-refractivity contribution is 7.99. The fourth-order valence-electron chi connectivity index (χ4n) is 2.85. The van der Waals surface area contributed by atoms with Gasteiger partial charge in [0.25, 0.3) is 0 Å². The van der Waals surface area contributed by atoms with Gasteiger partial charge >= 0.3 is 12.1 Å². The number of ether oxygens (including phenoxy) is 2. The van der Waals surface area contributed by atoms with Crippen LogP contribution in [0.4, 0.5) is 18.3 Å². The summed E-state index contributed by atoms with van der Waals surface area (Å²) in [6, 6.07) is 4.58. The summed E-state index contributed by atoms with van der Waals surface area (Å²) < 4.78 is 50.7. The minimum Gasteiger partial charge on any atom is -0.486 e. The first-order chi connectivity index (χ1) is 16.7. The number of benzene rings is 1. The van der Waals surface area contributed by atoms with Gasteiger partial charge in [0.15, 0.2) is 16.1 Å². The van der Waals surface area contributed by atoms with Gasteiger partial charge in [-0.1, -0.05) is 17.8 Å². The molecule has 1 amide bonds. The molecular weight excluding hydrogens is 507 g/mol. The van der Waals surface area contributed by atoms with E-state index in [0.29, 0.717) is 28.4 Å². The summed E-state index contributed by atoms with van der Waals surface area (Å²) in [5.41, 5.74) is -0.296. The van der Waals surface area contributed by atoms with Crippen molar-refractivity contribution in [1.82, 2.24) is 19.7 Å². The Morgan fingerprint density at radius 2 is 2.03 bits per heavy atom. The second kappa shape index (κ2) is 12.0. The van der Waals surface area contributed by atoms with Crippen LogP contribution in [-0.4, -0.2) is 44.0 Å². The molecule has 0 aliphatic heterocycles. The van der Waals surface area contributed by atoms with Crippen LogP contribution in [0.5, 0.6) is 5.75 Å². The number of amides is 1. The number of hydrogen-bond acceptors (Lipinski definition) is 9. The molecule has 0 saturated carbocycles. The Labute approximate surface area is 207 Å². The van der Waals surface area contributed by atoms with Crippen molar-refractivity contribution in [3.8, 4) is 5.75 Å². The number of thioether (sulfide) groups is 1. The van der Waals surface area contributed by atoms with E-state index in [1.54, 1.807) is 16.9 Å². The molecule has 0 unspecified atom stereocenters. The van der Waals surface area contributed by atoms with Crippen LogP contribution < -0.4 is 10.1 Å². The molecule has 0 atom stereocenters. The summed E-state index contributed by atoms with van der Waals surface area (Å²) in [7, 11) is 0. The number of anilines is 1. The Morgan fingerprint density at radius 1 is 1.23 bits per heavy atom. The lowest BCUT2D eigenvalue weighted by atomic mass is 10.2. The van der Waals surface area contributed by atoms with Crippen LogP contribution in [0.25, 0.3) is 0 Å². The van der Waals surface area contributed by atoms with Crippen molar-refractivity contribution in [3.05, 3.63) is 46.7 Å². The minimum atomic E-state index is -4.46. The van der Waals surface area contributed by atoms with Gasteiger partial charge in [-0.3, -0.25) is 9.59 Å². The first-order valence-electron chi connectivity index (χ1n) is 10.4. The highest BCUT2D eigenvalue weighted by atomic mass is 32.2. The second-order valence-corrected chi connectivity index (χ2v) is 8.72. The van der Waals surface area contributed by atoms with E-state index in [0.717, 1.165) is 23.9 Å². The Balaban J connectivity index is 1.53. The number of alkyl halides is 3. The average Bonchev–Trinajstić information content (AvgIpc) is 3.41. The molecule has 3 rings (SSSR count). The van der Waals surface area contributed by atoms with Crippen molar-refractivity contribution in [3.63, 3.8) is 0 Å². The number of hydrogen-bond donors (Lipinski definition) is 1. The van der Waals surface area contributed by atoms with Gasteiger partial charge in [0, 0.05) is 11.9 Å². The summed E-state index contributed by atoms with van der Waals surface area (Å²) in [6.07, 6.45) is -4.44. The number of thiazole rings is 1. The number of carbonyl (C=O) groups excluding carboxylic acids is 2. The molecule has 1 N–H and O–H groups in total. The van der Waals surface area contributed by atoms with E-state index in [1.807, 2.05) is 6.92 Å². The maximum atomic E-state index is 12.9. The molecule has 0 bridgehead atoms. The summed E-state index contributed by atoms with van der Waals surface area (Å²) >= 11 is 2.35. The molecule has 14 heteroatoms. The molecule has 0 spiro atoms. The summed E-state index contributed by atoms with van der Waals surface area (Å²) in [4.78, 5) is 28.0. The van der Waals surface area contributed by atoms with Crippen molar-refractivity contribution in [1.29, 1.82) is 0 Å². The molecule has 2 aromatic heterocycles. The molecule has 0 aliphatic rings. The van der Waals surface area contributed by atoms with Gasteiger partial charge in [-0.25, -0.2) is 4.98 Å². The fraction of sp³-hybridized carbons (Fsp3) is 0.381. The van der Waals surface area contributed by atoms with E-state index >= 15 is 0 Å². The number of rotatable bonds is 11. The standard InChI is InChI=1S/C21H22F3N5O4S2/c1-3-29-16(10-33-15-7-5-6-13(8-15)21(22,23)24)27-28-20(29)35-12-17(30)26-19-25-14(11-34-19)9-18(31)32-4-2/h5-8,11H,3-4,9-10,12H2,1-2H3,(H,25,26,30). The van der Waals surface area contributed by atoms with Crippen molar-refractivity contribution in [2.24, 2.45) is 0 Å². The molecule has 1 aromatic carbocycles. The zero-order chi connectivity index (χ0) is 25.4. The molecular formula is C21H22F3N5O4S2. The van der Waals surface area contributed by atoms with E-state index < -0.39 is 17.7 Å². The SMILES string of the molecule is CCOC(=O)Cc1csc(NC(=O)CSc2nnc(COc3cccc(C(F)(F)F)c3)n2CC)n1. The molecule has 0 fully saturated rings. The van der Waals surface area contributed by atoms with Gasteiger partial charge in [-0.05, 0) is 32.0 Å². The maximum Gasteiger partial charge on any atom is 0.416 e. The zero-order valence-electron chi connectivity index (χ0n) is 18.8. The number of nitrogens with one attached hydrogen (secondary N) is 1. The lowest BCUT2D eigenvalue weighted by molar-refractivity contribution is -0.142. The third-order valence-corrected chi connectivity index (χ3v) is 6.17. The first-order valence-corrected chi connectivity index (χ1v) is 12.3. The van der Waals surface area contributed by atoms with Crippen molar-refractivity contribution >= 4 is 40.1 Å². The zero-order valence-corrected chi connectivity index (χ0v) is 20.4. The van der Waals surface area contributed by atoms with Gasteiger partial charge < -0.3 is 19.4 Å². The van der Waals surface area contributed by atoms with Crippen LogP contribution in [0.2, 0.25) is 0 Å². The van der Waals surface area contributed by atoms with Gasteiger partial charge in [0.1, 0.15) is 12.4 Å². The lowest BCUT2D eigenvalue weighted by Crippen LogP contribution is -2.15. The molecule has 3 aromatic rings. The van der Waals surface area contributed by atoms with Crippen LogP contribution in [-0.2, 0) is 40.1 Å². The third kappa shape index (κ3) is 7.68. The molecule has 0 saturated heterocycles. The van der Waals surface area contributed by atoms with E-state index in [4.69, 9.17) is 9.47 Å². The first kappa shape index (κ1) is 26.5. The summed E-state index contributed by atoms with van der Waals surface area (Å²) in [6.45, 7) is 4.24. The Hall–Kier alpha value is -3.13. The number of aromatic nitrogens is 4. The lowest BCUT2D eigenvalue weighted by Gasteiger charge is -2.11. The fourth-order valence-corrected chi connectivity index (χ4v) is 4.40. The monoisotopic (exact) mass is 529 g/mol. The number of nitrogens with zero attached hydrogens (tertiary/aromatic N) is 4. The second-order valence-electron chi connectivity index (χ2n) is 6.92. The molecule has 35 heavy (non-hydrogen) atoms. The van der Waals surface area contributed by atoms with E-state index in [2.05, 4.69) is 20.5 Å². The van der Waals surface area contributed by atoms with E-state index in [-0.39, 0.29) is 37.0 Å². The third-order valence-electron chi connectivity index (χ3n) is 4.40. The van der Waals surface area contributed by atoms with Gasteiger partial charge in [0.2, 0.25) is 5.91 Å².